The van der Waals surface area contributed by atoms with Gasteiger partial charge in [0.25, 0.3) is 6.01 Å². The maximum atomic E-state index is 11.3. The minimum atomic E-state index is -0.258. The van der Waals surface area contributed by atoms with E-state index < -0.39 is 0 Å². The highest BCUT2D eigenvalue weighted by molar-refractivity contribution is 6.32. The summed E-state index contributed by atoms with van der Waals surface area (Å²) in [6.07, 6.45) is 9.05. The van der Waals surface area contributed by atoms with Crippen molar-refractivity contribution in [1.82, 2.24) is 19.9 Å². The normalized spacial score (nSPS) is 27.1. The maximum absolute atomic E-state index is 11.3. The Labute approximate surface area is 191 Å². The zero-order chi connectivity index (χ0) is 22.2. The minimum absolute atomic E-state index is 0.0263. The van der Waals surface area contributed by atoms with Crippen molar-refractivity contribution in [3.05, 3.63) is 35.0 Å². The third-order valence-corrected chi connectivity index (χ3v) is 7.12. The fraction of sp³-hybridized carbons (Fsp3) is 0.522. The summed E-state index contributed by atoms with van der Waals surface area (Å²) in [5.41, 5.74) is 8.44. The summed E-state index contributed by atoms with van der Waals surface area (Å²) < 4.78 is 11.4. The second kappa shape index (κ2) is 8.84. The summed E-state index contributed by atoms with van der Waals surface area (Å²) in [4.78, 5) is 26.1. The monoisotopic (exact) mass is 457 g/mol. The number of halogens is 1. The van der Waals surface area contributed by atoms with Crippen LogP contribution in [-0.4, -0.2) is 64.2 Å². The molecule has 0 spiro atoms. The number of aromatic amines is 1. The number of imidazole rings is 1. The second-order valence-corrected chi connectivity index (χ2v) is 9.27. The van der Waals surface area contributed by atoms with E-state index in [0.29, 0.717) is 22.7 Å². The van der Waals surface area contributed by atoms with Crippen LogP contribution in [-0.2, 0) is 9.53 Å². The van der Waals surface area contributed by atoms with Gasteiger partial charge in [-0.15, -0.1) is 0 Å². The molecule has 8 nitrogen and oxygen atoms in total. The number of nitrogens with zero attached hydrogens (tertiary/aromatic N) is 3. The number of hydrogen-bond donors (Lipinski definition) is 2. The summed E-state index contributed by atoms with van der Waals surface area (Å²) in [7, 11) is 0. The van der Waals surface area contributed by atoms with Crippen LogP contribution in [0, 0.1) is 11.8 Å². The number of nitrogens with one attached hydrogen (secondary N) is 1. The molecule has 5 rings (SSSR count). The number of hydrogen-bond acceptors (Lipinski definition) is 6. The average Bonchev–Trinajstić information content (AvgIpc) is 3.17. The molecule has 1 saturated heterocycles. The van der Waals surface area contributed by atoms with E-state index in [2.05, 4.69) is 33.1 Å². The molecule has 2 fully saturated rings. The van der Waals surface area contributed by atoms with Gasteiger partial charge in [0.15, 0.2) is 5.65 Å². The van der Waals surface area contributed by atoms with E-state index in [9.17, 15) is 4.79 Å². The summed E-state index contributed by atoms with van der Waals surface area (Å²) in [6.45, 7) is 5.38. The molecule has 1 aliphatic heterocycles. The quantitative estimate of drug-likeness (QED) is 0.690. The third-order valence-electron chi connectivity index (χ3n) is 6.84. The van der Waals surface area contributed by atoms with Gasteiger partial charge >= 0.3 is 0 Å². The van der Waals surface area contributed by atoms with Crippen molar-refractivity contribution in [3.8, 4) is 6.01 Å². The van der Waals surface area contributed by atoms with Gasteiger partial charge in [-0.25, -0.2) is 4.98 Å². The Morgan fingerprint density at radius 3 is 2.81 bits per heavy atom. The zero-order valence-corrected chi connectivity index (χ0v) is 18.8. The van der Waals surface area contributed by atoms with Crippen molar-refractivity contribution in [2.45, 2.75) is 38.3 Å². The van der Waals surface area contributed by atoms with E-state index >= 15 is 0 Å². The van der Waals surface area contributed by atoms with E-state index in [4.69, 9.17) is 31.8 Å². The van der Waals surface area contributed by atoms with E-state index in [1.54, 1.807) is 0 Å². The Bertz CT molecular complexity index is 1070. The third kappa shape index (κ3) is 4.27. The van der Waals surface area contributed by atoms with Gasteiger partial charge < -0.3 is 20.2 Å². The van der Waals surface area contributed by atoms with Crippen LogP contribution in [0.4, 0.5) is 0 Å². The van der Waals surface area contributed by atoms with Gasteiger partial charge in [0, 0.05) is 25.0 Å². The lowest BCUT2D eigenvalue weighted by molar-refractivity contribution is -0.125. The molecule has 3 heterocycles. The molecule has 0 aromatic carbocycles. The van der Waals surface area contributed by atoms with Crippen LogP contribution in [0.25, 0.3) is 16.7 Å². The first-order valence-electron chi connectivity index (χ1n) is 11.2. The lowest BCUT2D eigenvalue weighted by Crippen LogP contribution is -2.42. The molecule has 2 aromatic heterocycles. The number of allylic oxidation sites excluding steroid dienone is 2. The fourth-order valence-electron chi connectivity index (χ4n) is 4.62. The van der Waals surface area contributed by atoms with E-state index in [-0.39, 0.29) is 23.8 Å². The SMILES string of the molecule is CC(C(N)=O)[C@H]1C[C@@H](Oc2nc3nc(C4=CCC(N5CCOCC5)C=C4)c(Cl)cc3[nH]2)C1. The summed E-state index contributed by atoms with van der Waals surface area (Å²) in [5.74, 6) is -0.119. The molecule has 32 heavy (non-hydrogen) atoms. The number of nitrogens with two attached hydrogens (primary N) is 1. The molecule has 1 amide bonds. The molecule has 3 N–H and O–H groups in total. The average molecular weight is 458 g/mol. The summed E-state index contributed by atoms with van der Waals surface area (Å²) in [5, 5.41) is 0.576. The van der Waals surface area contributed by atoms with Gasteiger partial charge in [-0.05, 0) is 36.8 Å². The minimum Gasteiger partial charge on any atom is -0.461 e. The molecule has 0 bridgehead atoms. The largest absolute Gasteiger partial charge is 0.461 e. The van der Waals surface area contributed by atoms with Crippen LogP contribution >= 0.6 is 11.6 Å². The van der Waals surface area contributed by atoms with Crippen molar-refractivity contribution in [3.63, 3.8) is 0 Å². The summed E-state index contributed by atoms with van der Waals surface area (Å²) in [6, 6.07) is 2.66. The van der Waals surface area contributed by atoms with Gasteiger partial charge in [-0.1, -0.05) is 36.8 Å². The molecule has 1 saturated carbocycles. The topological polar surface area (TPSA) is 106 Å². The van der Waals surface area contributed by atoms with E-state index in [1.165, 1.54) is 0 Å². The van der Waals surface area contributed by atoms with Gasteiger partial charge in [-0.2, -0.15) is 4.98 Å². The number of H-pyrrole nitrogens is 1. The molecule has 2 aromatic rings. The first kappa shape index (κ1) is 21.4. The number of carbonyl (C=O) groups excluding carboxylic acids is 1. The lowest BCUT2D eigenvalue weighted by Gasteiger charge is -2.37. The summed E-state index contributed by atoms with van der Waals surface area (Å²) >= 11 is 6.56. The van der Waals surface area contributed by atoms with Crippen LogP contribution < -0.4 is 10.5 Å². The number of primary amides is 1. The molecule has 3 aliphatic rings. The number of fused-ring (bicyclic) bond motifs is 1. The maximum Gasteiger partial charge on any atom is 0.296 e. The van der Waals surface area contributed by atoms with Crippen molar-refractivity contribution >= 4 is 34.2 Å². The molecule has 0 radical (unpaired) electrons. The van der Waals surface area contributed by atoms with Crippen molar-refractivity contribution < 1.29 is 14.3 Å². The van der Waals surface area contributed by atoms with Crippen LogP contribution in [0.3, 0.4) is 0 Å². The molecule has 2 aliphatic carbocycles. The van der Waals surface area contributed by atoms with Gasteiger partial charge in [-0.3, -0.25) is 9.69 Å². The van der Waals surface area contributed by atoms with Crippen molar-refractivity contribution in [1.29, 1.82) is 0 Å². The standard InChI is InChI=1S/C23H28ClN5O3/c1-13(21(25)30)15-10-17(11-15)32-23-26-19-12-18(24)20(27-22(19)28-23)14-2-4-16(5-3-14)29-6-8-31-9-7-29/h2-4,12-13,15-17H,5-11H2,1H3,(H2,25,30)(H,26,27,28)/t13?,15-,16?,17+. The van der Waals surface area contributed by atoms with Crippen LogP contribution in [0.15, 0.2) is 24.3 Å². The molecular weight excluding hydrogens is 430 g/mol. The number of morpholine rings is 1. The number of pyridine rings is 1. The van der Waals surface area contributed by atoms with Crippen molar-refractivity contribution in [2.75, 3.05) is 26.3 Å². The molecule has 2 atom stereocenters. The second-order valence-electron chi connectivity index (χ2n) is 8.86. The Balaban J connectivity index is 1.26. The van der Waals surface area contributed by atoms with E-state index in [0.717, 1.165) is 62.3 Å². The Morgan fingerprint density at radius 1 is 1.34 bits per heavy atom. The predicted molar refractivity (Wildman–Crippen MR) is 122 cm³/mol. The Kier molecular flexibility index (Phi) is 5.92. The number of aromatic nitrogens is 3. The Morgan fingerprint density at radius 2 is 2.12 bits per heavy atom. The number of amides is 1. The number of rotatable bonds is 6. The van der Waals surface area contributed by atoms with E-state index in [1.807, 2.05) is 13.0 Å². The highest BCUT2D eigenvalue weighted by atomic mass is 35.5. The van der Waals surface area contributed by atoms with Gasteiger partial charge in [0.1, 0.15) is 6.10 Å². The van der Waals surface area contributed by atoms with Crippen LogP contribution in [0.2, 0.25) is 5.02 Å². The molecular formula is C23H28ClN5O3. The lowest BCUT2D eigenvalue weighted by atomic mass is 9.74. The Hall–Kier alpha value is -2.42. The molecule has 170 valence electrons. The van der Waals surface area contributed by atoms with Crippen molar-refractivity contribution in [2.24, 2.45) is 17.6 Å². The van der Waals surface area contributed by atoms with Crippen LogP contribution in [0.5, 0.6) is 6.01 Å². The highest BCUT2D eigenvalue weighted by Gasteiger charge is 2.37. The molecule has 9 heteroatoms. The first-order chi connectivity index (χ1) is 15.5. The van der Waals surface area contributed by atoms with Crippen LogP contribution in [0.1, 0.15) is 31.9 Å². The first-order valence-corrected chi connectivity index (χ1v) is 11.6. The predicted octanol–water partition coefficient (Wildman–Crippen LogP) is 2.93. The van der Waals surface area contributed by atoms with Gasteiger partial charge in [0.05, 0.1) is 29.4 Å². The smallest absolute Gasteiger partial charge is 0.296 e. The van der Waals surface area contributed by atoms with Gasteiger partial charge in [0.2, 0.25) is 5.91 Å². The molecule has 2 unspecified atom stereocenters. The number of ether oxygens (including phenoxy) is 2. The highest BCUT2D eigenvalue weighted by Crippen LogP contribution is 2.36. The number of carbonyl (C=O) groups is 1. The zero-order valence-electron chi connectivity index (χ0n) is 18.1. The fourth-order valence-corrected chi connectivity index (χ4v) is 4.88.